The molecule has 0 saturated heterocycles. The van der Waals surface area contributed by atoms with Gasteiger partial charge in [-0.3, -0.25) is 0 Å². The maximum atomic E-state index is 10.1. The summed E-state index contributed by atoms with van der Waals surface area (Å²) in [6, 6.07) is 0. The van der Waals surface area contributed by atoms with Gasteiger partial charge in [0.15, 0.2) is 0 Å². The second-order valence-electron chi connectivity index (χ2n) is 2.67. The number of hydrogen-bond donors (Lipinski definition) is 2. The van der Waals surface area contributed by atoms with Gasteiger partial charge < -0.3 is 10.4 Å². The number of hydrogen-bond acceptors (Lipinski definition) is 1. The third-order valence-electron chi connectivity index (χ3n) is 1.59. The smallest absolute Gasteiger partial charge is 0.405 e. The molecule has 0 aromatic carbocycles. The van der Waals surface area contributed by atoms with E-state index in [2.05, 4.69) is 12.2 Å². The molecule has 3 nitrogen and oxygen atoms in total. The minimum absolute atomic E-state index is 0. The first-order valence-corrected chi connectivity index (χ1v) is 4.13. The van der Waals surface area contributed by atoms with Crippen molar-refractivity contribution in [3.63, 3.8) is 0 Å². The molecule has 0 fully saturated rings. The standard InChI is InChI=1S/C7H14ClNO2.ClH/c1-3-5(2)4-6(8)9-7(10)11;/h5-6,9H,3-4H2,1-2H3,(H,10,11);1H. The van der Waals surface area contributed by atoms with Crippen LogP contribution in [0.15, 0.2) is 0 Å². The van der Waals surface area contributed by atoms with Crippen LogP contribution in [-0.2, 0) is 0 Å². The minimum atomic E-state index is -1.06. The zero-order chi connectivity index (χ0) is 8.85. The SMILES string of the molecule is CCC(C)CC(Cl)NC(=O)O.Cl. The summed E-state index contributed by atoms with van der Waals surface area (Å²) >= 11 is 5.66. The van der Waals surface area contributed by atoms with Crippen LogP contribution in [0.5, 0.6) is 0 Å². The molecule has 0 saturated carbocycles. The van der Waals surface area contributed by atoms with E-state index >= 15 is 0 Å². The Morgan fingerprint density at radius 3 is 2.50 bits per heavy atom. The Kier molecular flexibility index (Phi) is 8.98. The van der Waals surface area contributed by atoms with Gasteiger partial charge in [0, 0.05) is 0 Å². The molecule has 1 amide bonds. The minimum Gasteiger partial charge on any atom is -0.465 e. The normalized spacial score (nSPS) is 14.2. The third kappa shape index (κ3) is 7.95. The molecule has 0 bridgehead atoms. The van der Waals surface area contributed by atoms with E-state index in [0.717, 1.165) is 6.42 Å². The summed E-state index contributed by atoms with van der Waals surface area (Å²) in [5, 5.41) is 10.5. The highest BCUT2D eigenvalue weighted by Gasteiger charge is 2.10. The zero-order valence-corrected chi connectivity index (χ0v) is 8.78. The van der Waals surface area contributed by atoms with Crippen molar-refractivity contribution in [2.45, 2.75) is 32.2 Å². The maximum absolute atomic E-state index is 10.1. The van der Waals surface area contributed by atoms with E-state index in [4.69, 9.17) is 16.7 Å². The summed E-state index contributed by atoms with van der Waals surface area (Å²) in [7, 11) is 0. The molecule has 74 valence electrons. The lowest BCUT2D eigenvalue weighted by atomic mass is 10.1. The molecule has 0 heterocycles. The van der Waals surface area contributed by atoms with E-state index in [1.807, 2.05) is 6.92 Å². The van der Waals surface area contributed by atoms with E-state index in [0.29, 0.717) is 12.3 Å². The van der Waals surface area contributed by atoms with Crippen molar-refractivity contribution in [3.8, 4) is 0 Å². The second kappa shape index (κ2) is 7.50. The van der Waals surface area contributed by atoms with Crippen molar-refractivity contribution >= 4 is 30.1 Å². The largest absolute Gasteiger partial charge is 0.465 e. The first-order valence-electron chi connectivity index (χ1n) is 3.69. The average Bonchev–Trinajstić information content (AvgIpc) is 1.85. The molecule has 0 aromatic heterocycles. The van der Waals surface area contributed by atoms with Gasteiger partial charge in [-0.1, -0.05) is 31.9 Å². The molecule has 0 radical (unpaired) electrons. The van der Waals surface area contributed by atoms with Crippen LogP contribution in [0.25, 0.3) is 0 Å². The van der Waals surface area contributed by atoms with E-state index < -0.39 is 11.6 Å². The van der Waals surface area contributed by atoms with Crippen LogP contribution in [0.1, 0.15) is 26.7 Å². The number of alkyl halides is 1. The quantitative estimate of drug-likeness (QED) is 0.560. The molecule has 0 aliphatic carbocycles. The van der Waals surface area contributed by atoms with E-state index in [9.17, 15) is 4.79 Å². The highest BCUT2D eigenvalue weighted by Crippen LogP contribution is 2.11. The van der Waals surface area contributed by atoms with Crippen molar-refractivity contribution in [1.82, 2.24) is 5.32 Å². The molecule has 2 N–H and O–H groups in total. The predicted molar refractivity (Wildman–Crippen MR) is 52.1 cm³/mol. The van der Waals surface area contributed by atoms with Gasteiger partial charge in [-0.2, -0.15) is 0 Å². The summed E-state index contributed by atoms with van der Waals surface area (Å²) in [4.78, 5) is 10.1. The number of rotatable bonds is 4. The predicted octanol–water partition coefficient (Wildman–Crippen LogP) is 2.68. The fraction of sp³-hybridized carbons (Fsp3) is 0.857. The van der Waals surface area contributed by atoms with Gasteiger partial charge in [0.2, 0.25) is 0 Å². The van der Waals surface area contributed by atoms with Gasteiger partial charge in [0.1, 0.15) is 5.50 Å². The lowest BCUT2D eigenvalue weighted by molar-refractivity contribution is 0.192. The summed E-state index contributed by atoms with van der Waals surface area (Å²) in [6.45, 7) is 4.09. The Labute approximate surface area is 83.9 Å². The van der Waals surface area contributed by atoms with E-state index in [-0.39, 0.29) is 12.4 Å². The van der Waals surface area contributed by atoms with Crippen LogP contribution in [0, 0.1) is 5.92 Å². The number of nitrogens with one attached hydrogen (secondary N) is 1. The Balaban J connectivity index is 0. The van der Waals surface area contributed by atoms with Gasteiger partial charge >= 0.3 is 6.09 Å². The molecule has 0 rings (SSSR count). The van der Waals surface area contributed by atoms with Crippen molar-refractivity contribution in [2.24, 2.45) is 5.92 Å². The lowest BCUT2D eigenvalue weighted by Gasteiger charge is -2.13. The number of halogens is 2. The molecule has 0 spiro atoms. The lowest BCUT2D eigenvalue weighted by Crippen LogP contribution is -2.30. The van der Waals surface area contributed by atoms with Gasteiger partial charge in [-0.05, 0) is 12.3 Å². The summed E-state index contributed by atoms with van der Waals surface area (Å²) in [5.74, 6) is 0.462. The monoisotopic (exact) mass is 215 g/mol. The molecule has 2 atom stereocenters. The van der Waals surface area contributed by atoms with Gasteiger partial charge in [0.05, 0.1) is 0 Å². The van der Waals surface area contributed by atoms with Crippen molar-refractivity contribution in [3.05, 3.63) is 0 Å². The number of carbonyl (C=O) groups is 1. The molecule has 2 unspecified atom stereocenters. The van der Waals surface area contributed by atoms with Crippen LogP contribution < -0.4 is 5.32 Å². The summed E-state index contributed by atoms with van der Waals surface area (Å²) in [5.41, 5.74) is -0.456. The van der Waals surface area contributed by atoms with Crippen LogP contribution in [-0.4, -0.2) is 16.7 Å². The van der Waals surface area contributed by atoms with Crippen LogP contribution in [0.3, 0.4) is 0 Å². The number of carboxylic acid groups (broad SMARTS) is 1. The molecule has 5 heteroatoms. The van der Waals surface area contributed by atoms with Crippen LogP contribution >= 0.6 is 24.0 Å². The Morgan fingerprint density at radius 1 is 1.67 bits per heavy atom. The highest BCUT2D eigenvalue weighted by molar-refractivity contribution is 6.21. The fourth-order valence-electron chi connectivity index (χ4n) is 0.713. The van der Waals surface area contributed by atoms with E-state index in [1.165, 1.54) is 0 Å². The van der Waals surface area contributed by atoms with Crippen molar-refractivity contribution < 1.29 is 9.90 Å². The van der Waals surface area contributed by atoms with E-state index in [1.54, 1.807) is 0 Å². The number of amides is 1. The average molecular weight is 216 g/mol. The van der Waals surface area contributed by atoms with Crippen molar-refractivity contribution in [2.75, 3.05) is 0 Å². The fourth-order valence-corrected chi connectivity index (χ4v) is 1.11. The molecular weight excluding hydrogens is 201 g/mol. The molecular formula is C7H15Cl2NO2. The first kappa shape index (κ1) is 14.4. The second-order valence-corrected chi connectivity index (χ2v) is 3.19. The maximum Gasteiger partial charge on any atom is 0.405 e. The van der Waals surface area contributed by atoms with Gasteiger partial charge in [-0.15, -0.1) is 12.4 Å². The van der Waals surface area contributed by atoms with Crippen molar-refractivity contribution in [1.29, 1.82) is 0 Å². The van der Waals surface area contributed by atoms with Gasteiger partial charge in [0.25, 0.3) is 0 Å². The van der Waals surface area contributed by atoms with Crippen LogP contribution in [0.4, 0.5) is 4.79 Å². The highest BCUT2D eigenvalue weighted by atomic mass is 35.5. The molecule has 0 aliphatic heterocycles. The Hall–Kier alpha value is -0.150. The zero-order valence-electron chi connectivity index (χ0n) is 7.21. The molecule has 12 heavy (non-hydrogen) atoms. The Bertz CT molecular complexity index is 133. The molecule has 0 aliphatic rings. The summed E-state index contributed by atoms with van der Waals surface area (Å²) < 4.78 is 0. The Morgan fingerprint density at radius 2 is 2.17 bits per heavy atom. The summed E-state index contributed by atoms with van der Waals surface area (Å²) in [6.07, 6.45) is 0.641. The third-order valence-corrected chi connectivity index (χ3v) is 1.87. The van der Waals surface area contributed by atoms with Crippen LogP contribution in [0.2, 0.25) is 0 Å². The topological polar surface area (TPSA) is 49.3 Å². The first-order chi connectivity index (χ1) is 5.06. The molecule has 0 aromatic rings. The van der Waals surface area contributed by atoms with Gasteiger partial charge in [-0.25, -0.2) is 4.79 Å².